The highest BCUT2D eigenvalue weighted by atomic mass is 16.4. The van der Waals surface area contributed by atoms with Crippen LogP contribution in [0.4, 0.5) is 0 Å². The SMILES string of the molecule is O=C(O)C/C=C/CC(=O)O. The monoisotopic (exact) mass is 144 g/mol. The minimum Gasteiger partial charge on any atom is -0.481 e. The second kappa shape index (κ2) is 4.55. The molecule has 0 amide bonds. The van der Waals surface area contributed by atoms with Gasteiger partial charge in [-0.1, -0.05) is 12.2 Å². The molecule has 0 fully saturated rings. The molecule has 2 N–H and O–H groups in total. The molecule has 0 saturated carbocycles. The van der Waals surface area contributed by atoms with Crippen LogP contribution in [0.2, 0.25) is 0 Å². The molecule has 0 unspecified atom stereocenters. The molecule has 0 aliphatic rings. The first-order valence-electron chi connectivity index (χ1n) is 2.71. The standard InChI is InChI=1S/C6H8O4/c7-5(8)3-1-2-4-6(9)10/h1-2H,3-4H2,(H,7,8)(H,9,10)/b2-1+. The summed E-state index contributed by atoms with van der Waals surface area (Å²) in [4.78, 5) is 19.7. The van der Waals surface area contributed by atoms with Crippen molar-refractivity contribution in [3.8, 4) is 0 Å². The fourth-order valence-electron chi connectivity index (χ4n) is 0.368. The minimum atomic E-state index is -0.957. The summed E-state index contributed by atoms with van der Waals surface area (Å²) in [6.45, 7) is 0. The van der Waals surface area contributed by atoms with Crippen molar-refractivity contribution in [3.05, 3.63) is 12.2 Å². The molecule has 0 heterocycles. The van der Waals surface area contributed by atoms with Crippen molar-refractivity contribution in [2.24, 2.45) is 0 Å². The average Bonchev–Trinajstić information content (AvgIpc) is 1.79. The molecule has 0 atom stereocenters. The van der Waals surface area contributed by atoms with Gasteiger partial charge in [0.05, 0.1) is 12.8 Å². The molecule has 56 valence electrons. The Morgan fingerprint density at radius 1 is 1.00 bits per heavy atom. The summed E-state index contributed by atoms with van der Waals surface area (Å²) in [6.07, 6.45) is 2.40. The van der Waals surface area contributed by atoms with Gasteiger partial charge >= 0.3 is 11.9 Å². The predicted molar refractivity (Wildman–Crippen MR) is 33.6 cm³/mol. The maximum Gasteiger partial charge on any atom is 0.307 e. The van der Waals surface area contributed by atoms with Gasteiger partial charge in [-0.05, 0) is 0 Å². The molecular weight excluding hydrogens is 136 g/mol. The van der Waals surface area contributed by atoms with Crippen LogP contribution >= 0.6 is 0 Å². The summed E-state index contributed by atoms with van der Waals surface area (Å²) in [5.74, 6) is -1.91. The van der Waals surface area contributed by atoms with Crippen molar-refractivity contribution in [3.63, 3.8) is 0 Å². The first-order chi connectivity index (χ1) is 4.63. The molecule has 0 bridgehead atoms. The Bertz CT molecular complexity index is 141. The maximum absolute atomic E-state index is 9.85. The molecule has 0 aromatic carbocycles. The summed E-state index contributed by atoms with van der Waals surface area (Å²) in [6, 6.07) is 0. The Balaban J connectivity index is 3.38. The zero-order chi connectivity index (χ0) is 7.98. The molecular formula is C6H8O4. The third-order valence-electron chi connectivity index (χ3n) is 0.752. The van der Waals surface area contributed by atoms with Crippen LogP contribution in [0.3, 0.4) is 0 Å². The van der Waals surface area contributed by atoms with Crippen molar-refractivity contribution in [2.75, 3.05) is 0 Å². The van der Waals surface area contributed by atoms with Crippen LogP contribution in [-0.2, 0) is 9.59 Å². The van der Waals surface area contributed by atoms with Crippen molar-refractivity contribution in [2.45, 2.75) is 12.8 Å². The second-order valence-electron chi connectivity index (χ2n) is 1.67. The van der Waals surface area contributed by atoms with Gasteiger partial charge in [-0.3, -0.25) is 9.59 Å². The zero-order valence-corrected chi connectivity index (χ0v) is 5.28. The Kier molecular flexibility index (Phi) is 3.95. The molecule has 4 nitrogen and oxygen atoms in total. The lowest BCUT2D eigenvalue weighted by atomic mass is 10.3. The summed E-state index contributed by atoms with van der Waals surface area (Å²) in [5, 5.41) is 16.2. The van der Waals surface area contributed by atoms with Crippen LogP contribution in [0.15, 0.2) is 12.2 Å². The van der Waals surface area contributed by atoms with Crippen LogP contribution in [-0.4, -0.2) is 22.2 Å². The molecule has 0 aliphatic heterocycles. The summed E-state index contributed by atoms with van der Waals surface area (Å²) in [7, 11) is 0. The van der Waals surface area contributed by atoms with Gasteiger partial charge in [0.2, 0.25) is 0 Å². The van der Waals surface area contributed by atoms with E-state index in [-0.39, 0.29) is 12.8 Å². The van der Waals surface area contributed by atoms with Gasteiger partial charge < -0.3 is 10.2 Å². The van der Waals surface area contributed by atoms with Gasteiger partial charge in [0.25, 0.3) is 0 Å². The summed E-state index contributed by atoms with van der Waals surface area (Å²) < 4.78 is 0. The van der Waals surface area contributed by atoms with Gasteiger partial charge in [-0.25, -0.2) is 0 Å². The van der Waals surface area contributed by atoms with Gasteiger partial charge in [-0.15, -0.1) is 0 Å². The Morgan fingerprint density at radius 2 is 1.30 bits per heavy atom. The van der Waals surface area contributed by atoms with E-state index in [0.29, 0.717) is 0 Å². The lowest BCUT2D eigenvalue weighted by molar-refractivity contribution is -0.137. The van der Waals surface area contributed by atoms with Crippen molar-refractivity contribution < 1.29 is 19.8 Å². The van der Waals surface area contributed by atoms with Crippen molar-refractivity contribution >= 4 is 11.9 Å². The zero-order valence-electron chi connectivity index (χ0n) is 5.28. The highest BCUT2D eigenvalue weighted by molar-refractivity contribution is 5.70. The quantitative estimate of drug-likeness (QED) is 0.563. The van der Waals surface area contributed by atoms with E-state index < -0.39 is 11.9 Å². The molecule has 0 aromatic heterocycles. The molecule has 10 heavy (non-hydrogen) atoms. The van der Waals surface area contributed by atoms with Crippen LogP contribution in [0, 0.1) is 0 Å². The van der Waals surface area contributed by atoms with Gasteiger partial charge in [0.1, 0.15) is 0 Å². The van der Waals surface area contributed by atoms with Gasteiger partial charge in [0.15, 0.2) is 0 Å². The maximum atomic E-state index is 9.85. The van der Waals surface area contributed by atoms with E-state index in [1.54, 1.807) is 0 Å². The van der Waals surface area contributed by atoms with Crippen molar-refractivity contribution in [1.29, 1.82) is 0 Å². The average molecular weight is 144 g/mol. The Morgan fingerprint density at radius 3 is 1.50 bits per heavy atom. The minimum absolute atomic E-state index is 0.118. The first-order valence-corrected chi connectivity index (χ1v) is 2.71. The van der Waals surface area contributed by atoms with E-state index in [1.165, 1.54) is 12.2 Å². The molecule has 0 spiro atoms. The van der Waals surface area contributed by atoms with Crippen molar-refractivity contribution in [1.82, 2.24) is 0 Å². The Labute approximate surface area is 57.8 Å². The van der Waals surface area contributed by atoms with E-state index in [2.05, 4.69) is 0 Å². The van der Waals surface area contributed by atoms with Crippen LogP contribution in [0.25, 0.3) is 0 Å². The lowest BCUT2D eigenvalue weighted by Gasteiger charge is -1.83. The Hall–Kier alpha value is -1.32. The number of aliphatic carboxylic acids is 2. The fourth-order valence-corrected chi connectivity index (χ4v) is 0.368. The predicted octanol–water partition coefficient (Wildman–Crippen LogP) is 0.492. The molecule has 0 saturated heterocycles. The number of hydrogen-bond acceptors (Lipinski definition) is 2. The van der Waals surface area contributed by atoms with Gasteiger partial charge in [0, 0.05) is 0 Å². The summed E-state index contributed by atoms with van der Waals surface area (Å²) in [5.41, 5.74) is 0. The molecule has 4 heteroatoms. The number of carboxylic acid groups (broad SMARTS) is 2. The normalized spacial score (nSPS) is 10.0. The molecule has 0 aromatic rings. The van der Waals surface area contributed by atoms with E-state index in [4.69, 9.17) is 10.2 Å². The fraction of sp³-hybridized carbons (Fsp3) is 0.333. The number of rotatable bonds is 4. The topological polar surface area (TPSA) is 74.6 Å². The summed E-state index contributed by atoms with van der Waals surface area (Å²) >= 11 is 0. The third-order valence-corrected chi connectivity index (χ3v) is 0.752. The van der Waals surface area contributed by atoms with Crippen LogP contribution in [0.1, 0.15) is 12.8 Å². The smallest absolute Gasteiger partial charge is 0.307 e. The third kappa shape index (κ3) is 6.68. The molecule has 0 rings (SSSR count). The molecule has 0 radical (unpaired) electrons. The number of carbonyl (C=O) groups is 2. The second-order valence-corrected chi connectivity index (χ2v) is 1.67. The van der Waals surface area contributed by atoms with Crippen LogP contribution in [0.5, 0.6) is 0 Å². The number of hydrogen-bond donors (Lipinski definition) is 2. The number of carboxylic acids is 2. The van der Waals surface area contributed by atoms with Crippen LogP contribution < -0.4 is 0 Å². The highest BCUT2D eigenvalue weighted by Gasteiger charge is 1.91. The first kappa shape index (κ1) is 8.68. The largest absolute Gasteiger partial charge is 0.481 e. The van der Waals surface area contributed by atoms with E-state index in [1.807, 2.05) is 0 Å². The van der Waals surface area contributed by atoms with E-state index >= 15 is 0 Å². The van der Waals surface area contributed by atoms with E-state index in [9.17, 15) is 9.59 Å². The highest BCUT2D eigenvalue weighted by Crippen LogP contribution is 1.86. The van der Waals surface area contributed by atoms with E-state index in [0.717, 1.165) is 0 Å². The lowest BCUT2D eigenvalue weighted by Crippen LogP contribution is -1.92. The van der Waals surface area contributed by atoms with Gasteiger partial charge in [-0.2, -0.15) is 0 Å². The molecule has 0 aliphatic carbocycles.